The second kappa shape index (κ2) is 4.37. The third-order valence-electron chi connectivity index (χ3n) is 3.06. The molecule has 1 amide bonds. The summed E-state index contributed by atoms with van der Waals surface area (Å²) in [6.07, 6.45) is 3.01. The summed E-state index contributed by atoms with van der Waals surface area (Å²) in [6, 6.07) is 1.92. The lowest BCUT2D eigenvalue weighted by Gasteiger charge is -2.10. The molecule has 18 heavy (non-hydrogen) atoms. The number of carbonyl (C=O) groups is 1. The summed E-state index contributed by atoms with van der Waals surface area (Å²) in [5, 5.41) is 3.49. The van der Waals surface area contributed by atoms with E-state index in [9.17, 15) is 4.79 Å². The number of imidazole rings is 1. The minimum atomic E-state index is 0.0994. The molecule has 0 bridgehead atoms. The zero-order valence-electron chi connectivity index (χ0n) is 9.44. The fraction of sp³-hybridized carbons (Fsp3) is 0.364. The van der Waals surface area contributed by atoms with Crippen LogP contribution in [0, 0.1) is 4.77 Å². The Kier molecular flexibility index (Phi) is 2.83. The molecule has 3 rings (SSSR count). The highest BCUT2D eigenvalue weighted by molar-refractivity contribution is 7.71. The minimum Gasteiger partial charge on any atom is -0.352 e. The van der Waals surface area contributed by atoms with Crippen LogP contribution in [0.25, 0.3) is 11.2 Å². The van der Waals surface area contributed by atoms with E-state index in [1.807, 2.05) is 4.57 Å². The number of hydrogen-bond acceptors (Lipinski definition) is 3. The molecule has 94 valence electrons. The van der Waals surface area contributed by atoms with Crippen molar-refractivity contribution in [2.75, 3.05) is 0 Å². The number of amides is 1. The van der Waals surface area contributed by atoms with Gasteiger partial charge in [0.1, 0.15) is 0 Å². The summed E-state index contributed by atoms with van der Waals surface area (Å²) in [6.45, 7) is 0.638. The van der Waals surface area contributed by atoms with E-state index in [1.165, 1.54) is 0 Å². The number of hydrogen-bond donors (Lipinski definition) is 2. The van der Waals surface area contributed by atoms with Gasteiger partial charge >= 0.3 is 0 Å². The van der Waals surface area contributed by atoms with Crippen molar-refractivity contribution in [3.63, 3.8) is 0 Å². The molecule has 3 heterocycles. The van der Waals surface area contributed by atoms with Gasteiger partial charge in [0.05, 0.1) is 10.5 Å². The van der Waals surface area contributed by atoms with Crippen molar-refractivity contribution in [3.05, 3.63) is 22.1 Å². The molecule has 1 fully saturated rings. The number of fused-ring (bicyclic) bond motifs is 1. The minimum absolute atomic E-state index is 0.0994. The maximum absolute atomic E-state index is 11.2. The Morgan fingerprint density at radius 1 is 1.61 bits per heavy atom. The summed E-state index contributed by atoms with van der Waals surface area (Å²) < 4.78 is 2.50. The molecule has 0 aliphatic carbocycles. The molecular formula is C11H11ClN4OS. The Balaban J connectivity index is 1.98. The van der Waals surface area contributed by atoms with Gasteiger partial charge in [0, 0.05) is 25.2 Å². The van der Waals surface area contributed by atoms with Gasteiger partial charge in [-0.15, -0.1) is 0 Å². The Bertz CT molecular complexity index is 677. The second-order valence-corrected chi connectivity index (χ2v) is 5.19. The molecule has 2 N–H and O–H groups in total. The molecule has 0 radical (unpaired) electrons. The number of pyridine rings is 1. The van der Waals surface area contributed by atoms with Crippen LogP contribution in [0.5, 0.6) is 0 Å². The van der Waals surface area contributed by atoms with Crippen LogP contribution in [0.1, 0.15) is 12.8 Å². The Hall–Kier alpha value is -1.40. The van der Waals surface area contributed by atoms with E-state index in [0.29, 0.717) is 22.8 Å². The van der Waals surface area contributed by atoms with Gasteiger partial charge in [-0.3, -0.25) is 9.36 Å². The molecule has 1 aliphatic rings. The molecule has 0 aromatic carbocycles. The standard InChI is InChI=1S/C11H11ClN4OS/c12-6-3-8-10(13-4-6)16(11(18)15-8)5-7-1-2-9(17)14-7/h3-4,7H,1-2,5H2,(H,14,17)(H,15,18). The molecule has 0 saturated carbocycles. The van der Waals surface area contributed by atoms with Crippen LogP contribution in [0.15, 0.2) is 12.3 Å². The fourth-order valence-electron chi connectivity index (χ4n) is 2.22. The second-order valence-electron chi connectivity index (χ2n) is 4.37. The number of nitrogens with zero attached hydrogens (tertiary/aromatic N) is 2. The first-order valence-electron chi connectivity index (χ1n) is 5.67. The largest absolute Gasteiger partial charge is 0.352 e. The van der Waals surface area contributed by atoms with Crippen LogP contribution >= 0.6 is 23.8 Å². The van der Waals surface area contributed by atoms with E-state index in [-0.39, 0.29) is 11.9 Å². The van der Waals surface area contributed by atoms with E-state index in [4.69, 9.17) is 23.8 Å². The molecule has 5 nitrogen and oxygen atoms in total. The zero-order chi connectivity index (χ0) is 12.7. The highest BCUT2D eigenvalue weighted by Crippen LogP contribution is 2.18. The number of H-pyrrole nitrogens is 1. The Morgan fingerprint density at radius 2 is 2.44 bits per heavy atom. The van der Waals surface area contributed by atoms with Crippen molar-refractivity contribution in [3.8, 4) is 0 Å². The van der Waals surface area contributed by atoms with Gasteiger partial charge in [0.2, 0.25) is 5.91 Å². The summed E-state index contributed by atoms with van der Waals surface area (Å²) in [5.41, 5.74) is 1.59. The third-order valence-corrected chi connectivity index (χ3v) is 3.59. The van der Waals surface area contributed by atoms with Crippen molar-refractivity contribution in [2.45, 2.75) is 25.4 Å². The quantitative estimate of drug-likeness (QED) is 0.829. The average Bonchev–Trinajstić information content (AvgIpc) is 2.84. The van der Waals surface area contributed by atoms with Crippen LogP contribution in [0.2, 0.25) is 5.02 Å². The predicted molar refractivity (Wildman–Crippen MR) is 71.1 cm³/mol. The smallest absolute Gasteiger partial charge is 0.220 e. The SMILES string of the molecule is O=C1CCC(Cn2c(=S)[nH]c3cc(Cl)cnc32)N1. The Morgan fingerprint density at radius 3 is 3.17 bits per heavy atom. The van der Waals surface area contributed by atoms with E-state index in [2.05, 4.69) is 15.3 Å². The lowest BCUT2D eigenvalue weighted by molar-refractivity contribution is -0.119. The summed E-state index contributed by atoms with van der Waals surface area (Å²) in [5.74, 6) is 0.0994. The summed E-state index contributed by atoms with van der Waals surface area (Å²) in [7, 11) is 0. The van der Waals surface area contributed by atoms with E-state index in [1.54, 1.807) is 12.3 Å². The van der Waals surface area contributed by atoms with E-state index in [0.717, 1.165) is 17.6 Å². The normalized spacial score (nSPS) is 19.4. The van der Waals surface area contributed by atoms with Crippen molar-refractivity contribution < 1.29 is 4.79 Å². The lowest BCUT2D eigenvalue weighted by Crippen LogP contribution is -2.29. The van der Waals surface area contributed by atoms with Crippen molar-refractivity contribution in [1.82, 2.24) is 19.9 Å². The van der Waals surface area contributed by atoms with Gasteiger partial charge in [-0.2, -0.15) is 0 Å². The maximum atomic E-state index is 11.2. The summed E-state index contributed by atoms with van der Waals surface area (Å²) >= 11 is 11.2. The molecule has 2 aromatic rings. The first-order valence-corrected chi connectivity index (χ1v) is 6.45. The Labute approximate surface area is 113 Å². The molecule has 1 saturated heterocycles. The number of aromatic nitrogens is 3. The summed E-state index contributed by atoms with van der Waals surface area (Å²) in [4.78, 5) is 18.5. The van der Waals surface area contributed by atoms with E-state index < -0.39 is 0 Å². The van der Waals surface area contributed by atoms with Crippen LogP contribution < -0.4 is 5.32 Å². The van der Waals surface area contributed by atoms with Crippen molar-refractivity contribution in [1.29, 1.82) is 0 Å². The molecule has 2 aromatic heterocycles. The highest BCUT2D eigenvalue weighted by atomic mass is 35.5. The van der Waals surface area contributed by atoms with Crippen molar-refractivity contribution >= 4 is 40.9 Å². The molecule has 0 spiro atoms. The fourth-order valence-corrected chi connectivity index (χ4v) is 2.65. The maximum Gasteiger partial charge on any atom is 0.220 e. The number of halogens is 1. The van der Waals surface area contributed by atoms with Crippen LogP contribution in [0.4, 0.5) is 0 Å². The van der Waals surface area contributed by atoms with Gasteiger partial charge < -0.3 is 10.3 Å². The lowest BCUT2D eigenvalue weighted by atomic mass is 10.2. The first kappa shape index (κ1) is 11.7. The van der Waals surface area contributed by atoms with Crippen LogP contribution in [-0.2, 0) is 11.3 Å². The van der Waals surface area contributed by atoms with Gasteiger partial charge in [0.15, 0.2) is 10.4 Å². The van der Waals surface area contributed by atoms with Crippen LogP contribution in [-0.4, -0.2) is 26.5 Å². The predicted octanol–water partition coefficient (Wildman–Crippen LogP) is 2.03. The zero-order valence-corrected chi connectivity index (χ0v) is 11.0. The monoisotopic (exact) mass is 282 g/mol. The van der Waals surface area contributed by atoms with Gasteiger partial charge in [-0.1, -0.05) is 11.6 Å². The average molecular weight is 283 g/mol. The molecule has 1 unspecified atom stereocenters. The molecule has 7 heteroatoms. The van der Waals surface area contributed by atoms with Crippen molar-refractivity contribution in [2.24, 2.45) is 0 Å². The third kappa shape index (κ3) is 2.02. The van der Waals surface area contributed by atoms with Gasteiger partial charge in [0.25, 0.3) is 0 Å². The van der Waals surface area contributed by atoms with E-state index >= 15 is 0 Å². The first-order chi connectivity index (χ1) is 8.63. The number of carbonyl (C=O) groups excluding carboxylic acids is 1. The molecular weight excluding hydrogens is 272 g/mol. The number of aromatic amines is 1. The molecule has 1 atom stereocenters. The van der Waals surface area contributed by atoms with Crippen LogP contribution in [0.3, 0.4) is 0 Å². The number of rotatable bonds is 2. The topological polar surface area (TPSA) is 62.7 Å². The number of nitrogens with one attached hydrogen (secondary N) is 2. The van der Waals surface area contributed by atoms with Gasteiger partial charge in [-0.05, 0) is 24.7 Å². The van der Waals surface area contributed by atoms with Gasteiger partial charge in [-0.25, -0.2) is 4.98 Å². The highest BCUT2D eigenvalue weighted by Gasteiger charge is 2.22. The molecule has 1 aliphatic heterocycles.